The van der Waals surface area contributed by atoms with Crippen LogP contribution in [0.15, 0.2) is 22.7 Å². The summed E-state index contributed by atoms with van der Waals surface area (Å²) >= 11 is 0. The minimum absolute atomic E-state index is 0.312. The van der Waals surface area contributed by atoms with Gasteiger partial charge >= 0.3 is 0 Å². The lowest BCUT2D eigenvalue weighted by molar-refractivity contribution is 0.391. The molecule has 1 aromatic carbocycles. The largest absolute Gasteiger partial charge is 0.361 e. The smallest absolute Gasteiger partial charge is 0.138 e. The van der Waals surface area contributed by atoms with Crippen molar-refractivity contribution in [2.45, 2.75) is 47.2 Å². The van der Waals surface area contributed by atoms with Crippen molar-refractivity contribution in [3.8, 4) is 0 Å². The molecule has 3 heteroatoms. The van der Waals surface area contributed by atoms with E-state index in [9.17, 15) is 0 Å². The summed E-state index contributed by atoms with van der Waals surface area (Å²) in [6.07, 6.45) is 0. The van der Waals surface area contributed by atoms with Gasteiger partial charge in [-0.05, 0) is 40.2 Å². The van der Waals surface area contributed by atoms with E-state index in [4.69, 9.17) is 4.52 Å². The molecule has 0 saturated carbocycles. The first kappa shape index (κ1) is 13.8. The van der Waals surface area contributed by atoms with E-state index in [2.05, 4.69) is 49.4 Å². The van der Waals surface area contributed by atoms with E-state index in [1.165, 1.54) is 16.7 Å². The van der Waals surface area contributed by atoms with Crippen LogP contribution in [0.25, 0.3) is 0 Å². The summed E-state index contributed by atoms with van der Waals surface area (Å²) in [6, 6.07) is 6.98. The molecule has 1 N–H and O–H groups in total. The van der Waals surface area contributed by atoms with Crippen LogP contribution >= 0.6 is 0 Å². The van der Waals surface area contributed by atoms with E-state index in [-0.39, 0.29) is 0 Å². The summed E-state index contributed by atoms with van der Waals surface area (Å²) in [5.74, 6) is 0.901. The zero-order chi connectivity index (χ0) is 14.0. The van der Waals surface area contributed by atoms with Crippen LogP contribution in [0, 0.1) is 27.7 Å². The third-order valence-corrected chi connectivity index (χ3v) is 3.51. The quantitative estimate of drug-likeness (QED) is 0.907. The average molecular weight is 258 g/mol. The number of nitrogens with one attached hydrogen (secondary N) is 1. The molecule has 1 aromatic heterocycles. The van der Waals surface area contributed by atoms with Gasteiger partial charge in [0, 0.05) is 18.2 Å². The van der Waals surface area contributed by atoms with Crippen LogP contribution < -0.4 is 5.32 Å². The summed E-state index contributed by atoms with van der Waals surface area (Å²) in [4.78, 5) is 0. The van der Waals surface area contributed by atoms with Crippen molar-refractivity contribution >= 4 is 0 Å². The predicted octanol–water partition coefficient (Wildman–Crippen LogP) is 3.76. The SMILES string of the molecule is Cc1cc(C)cc(C(C)NCc2c(C)noc2C)c1. The van der Waals surface area contributed by atoms with Crippen molar-refractivity contribution in [1.82, 2.24) is 10.5 Å². The van der Waals surface area contributed by atoms with Crippen molar-refractivity contribution in [1.29, 1.82) is 0 Å². The van der Waals surface area contributed by atoms with Crippen LogP contribution in [0.1, 0.15) is 46.7 Å². The lowest BCUT2D eigenvalue weighted by Crippen LogP contribution is -2.19. The number of hydrogen-bond acceptors (Lipinski definition) is 3. The molecule has 2 aromatic rings. The number of aryl methyl sites for hydroxylation is 4. The third kappa shape index (κ3) is 3.24. The van der Waals surface area contributed by atoms with Gasteiger partial charge in [-0.25, -0.2) is 0 Å². The maximum Gasteiger partial charge on any atom is 0.138 e. The maximum absolute atomic E-state index is 5.18. The van der Waals surface area contributed by atoms with Crippen LogP contribution in [-0.4, -0.2) is 5.16 Å². The topological polar surface area (TPSA) is 38.1 Å². The Labute approximate surface area is 115 Å². The van der Waals surface area contributed by atoms with Gasteiger partial charge < -0.3 is 9.84 Å². The van der Waals surface area contributed by atoms with E-state index >= 15 is 0 Å². The Kier molecular flexibility index (Phi) is 4.05. The predicted molar refractivity (Wildman–Crippen MR) is 77.1 cm³/mol. The van der Waals surface area contributed by atoms with Crippen LogP contribution in [0.4, 0.5) is 0 Å². The van der Waals surface area contributed by atoms with Gasteiger partial charge in [-0.3, -0.25) is 0 Å². The van der Waals surface area contributed by atoms with Crippen molar-refractivity contribution < 1.29 is 4.52 Å². The molecule has 0 fully saturated rings. The summed E-state index contributed by atoms with van der Waals surface area (Å²) in [7, 11) is 0. The van der Waals surface area contributed by atoms with Gasteiger partial charge in [0.25, 0.3) is 0 Å². The van der Waals surface area contributed by atoms with Crippen molar-refractivity contribution in [2.24, 2.45) is 0 Å². The average Bonchev–Trinajstić information content (AvgIpc) is 2.65. The van der Waals surface area contributed by atoms with E-state index in [1.807, 2.05) is 13.8 Å². The molecule has 0 saturated heterocycles. The fourth-order valence-electron chi connectivity index (χ4n) is 2.39. The number of aromatic nitrogens is 1. The molecule has 0 amide bonds. The van der Waals surface area contributed by atoms with Gasteiger partial charge in [-0.15, -0.1) is 0 Å². The molecular formula is C16H22N2O. The van der Waals surface area contributed by atoms with Gasteiger partial charge in [0.1, 0.15) is 5.76 Å². The Morgan fingerprint density at radius 1 is 1.11 bits per heavy atom. The summed E-state index contributed by atoms with van der Waals surface area (Å²) in [6.45, 7) is 11.2. The molecule has 0 radical (unpaired) electrons. The zero-order valence-corrected chi connectivity index (χ0v) is 12.4. The van der Waals surface area contributed by atoms with Gasteiger partial charge in [-0.1, -0.05) is 34.5 Å². The standard InChI is InChI=1S/C16H22N2O/c1-10-6-11(2)8-15(7-10)12(3)17-9-16-13(4)18-19-14(16)5/h6-8,12,17H,9H2,1-5H3. The molecule has 0 aliphatic carbocycles. The molecule has 1 atom stereocenters. The number of nitrogens with zero attached hydrogens (tertiary/aromatic N) is 1. The van der Waals surface area contributed by atoms with Crippen LogP contribution in [-0.2, 0) is 6.54 Å². The molecule has 2 rings (SSSR count). The van der Waals surface area contributed by atoms with E-state index < -0.39 is 0 Å². The molecule has 0 bridgehead atoms. The van der Waals surface area contributed by atoms with Gasteiger partial charge in [0.2, 0.25) is 0 Å². The van der Waals surface area contributed by atoms with Gasteiger partial charge in [-0.2, -0.15) is 0 Å². The Morgan fingerprint density at radius 2 is 1.74 bits per heavy atom. The fourth-order valence-corrected chi connectivity index (χ4v) is 2.39. The molecular weight excluding hydrogens is 236 g/mol. The first-order chi connectivity index (χ1) is 8.97. The van der Waals surface area contributed by atoms with E-state index in [0.29, 0.717) is 6.04 Å². The molecule has 0 spiro atoms. The Hall–Kier alpha value is -1.61. The van der Waals surface area contributed by atoms with Crippen LogP contribution in [0.2, 0.25) is 0 Å². The van der Waals surface area contributed by atoms with Crippen LogP contribution in [0.5, 0.6) is 0 Å². The number of rotatable bonds is 4. The monoisotopic (exact) mass is 258 g/mol. The first-order valence-electron chi connectivity index (χ1n) is 6.70. The minimum atomic E-state index is 0.312. The first-order valence-corrected chi connectivity index (χ1v) is 6.70. The number of hydrogen-bond donors (Lipinski definition) is 1. The Balaban J connectivity index is 2.07. The zero-order valence-electron chi connectivity index (χ0n) is 12.4. The molecule has 0 aliphatic heterocycles. The highest BCUT2D eigenvalue weighted by Crippen LogP contribution is 2.18. The van der Waals surface area contributed by atoms with Gasteiger partial charge in [0.05, 0.1) is 5.69 Å². The second-order valence-corrected chi connectivity index (χ2v) is 5.33. The highest BCUT2D eigenvalue weighted by molar-refractivity contribution is 5.30. The summed E-state index contributed by atoms with van der Waals surface area (Å²) < 4.78 is 5.18. The Morgan fingerprint density at radius 3 is 2.26 bits per heavy atom. The highest BCUT2D eigenvalue weighted by Gasteiger charge is 2.11. The lowest BCUT2D eigenvalue weighted by atomic mass is 10.0. The molecule has 0 aliphatic rings. The molecule has 19 heavy (non-hydrogen) atoms. The van der Waals surface area contributed by atoms with Crippen molar-refractivity contribution in [3.63, 3.8) is 0 Å². The maximum atomic E-state index is 5.18. The van der Waals surface area contributed by atoms with Crippen molar-refractivity contribution in [2.75, 3.05) is 0 Å². The van der Waals surface area contributed by atoms with Crippen molar-refractivity contribution in [3.05, 3.63) is 51.9 Å². The molecule has 1 heterocycles. The molecule has 102 valence electrons. The second-order valence-electron chi connectivity index (χ2n) is 5.33. The summed E-state index contributed by atoms with van der Waals surface area (Å²) in [5, 5.41) is 7.52. The van der Waals surface area contributed by atoms with Gasteiger partial charge in [0.15, 0.2) is 0 Å². The summed E-state index contributed by atoms with van der Waals surface area (Å²) in [5.41, 5.74) is 6.07. The van der Waals surface area contributed by atoms with E-state index in [1.54, 1.807) is 0 Å². The minimum Gasteiger partial charge on any atom is -0.361 e. The van der Waals surface area contributed by atoms with Crippen LogP contribution in [0.3, 0.4) is 0 Å². The second kappa shape index (κ2) is 5.57. The van der Waals surface area contributed by atoms with E-state index in [0.717, 1.165) is 23.6 Å². The number of benzene rings is 1. The lowest BCUT2D eigenvalue weighted by Gasteiger charge is -2.15. The highest BCUT2D eigenvalue weighted by atomic mass is 16.5. The molecule has 1 unspecified atom stereocenters. The normalized spacial score (nSPS) is 12.7. The third-order valence-electron chi connectivity index (χ3n) is 3.51. The Bertz CT molecular complexity index is 532. The molecule has 3 nitrogen and oxygen atoms in total. The fraction of sp³-hybridized carbons (Fsp3) is 0.438.